The molecule has 2 N–H and O–H groups in total. The molecule has 0 aliphatic rings. The van der Waals surface area contributed by atoms with Gasteiger partial charge in [0.25, 0.3) is 0 Å². The van der Waals surface area contributed by atoms with Crippen molar-refractivity contribution in [3.05, 3.63) is 18.2 Å². The number of benzene rings is 1. The lowest BCUT2D eigenvalue weighted by Gasteiger charge is -2.12. The molecule has 0 saturated heterocycles. The summed E-state index contributed by atoms with van der Waals surface area (Å²) in [4.78, 5) is 12.3. The van der Waals surface area contributed by atoms with Crippen LogP contribution in [0.15, 0.2) is 18.2 Å². The summed E-state index contributed by atoms with van der Waals surface area (Å²) in [5.41, 5.74) is 6.39. The molecular formula is C14H18N4O3. The molecule has 0 amide bonds. The van der Waals surface area contributed by atoms with E-state index in [0.29, 0.717) is 22.9 Å². The molecule has 0 bridgehead atoms. The zero-order valence-electron chi connectivity index (χ0n) is 12.5. The number of methoxy groups -OCH3 is 2. The molecule has 0 fully saturated rings. The van der Waals surface area contributed by atoms with E-state index in [0.717, 1.165) is 0 Å². The first kappa shape index (κ1) is 14.8. The third kappa shape index (κ3) is 3.50. The average molecular weight is 290 g/mol. The van der Waals surface area contributed by atoms with Crippen LogP contribution in [0.5, 0.6) is 17.5 Å². The van der Waals surface area contributed by atoms with Crippen molar-refractivity contribution in [3.63, 3.8) is 0 Å². The number of hydrogen-bond acceptors (Lipinski definition) is 7. The van der Waals surface area contributed by atoms with Crippen LogP contribution in [0.1, 0.15) is 13.8 Å². The first-order valence-electron chi connectivity index (χ1n) is 6.44. The third-order valence-corrected chi connectivity index (χ3v) is 2.62. The molecule has 0 atom stereocenters. The van der Waals surface area contributed by atoms with Gasteiger partial charge in [-0.25, -0.2) is 0 Å². The van der Waals surface area contributed by atoms with Crippen LogP contribution in [0.4, 0.5) is 5.95 Å². The van der Waals surface area contributed by atoms with Gasteiger partial charge in [0, 0.05) is 6.07 Å². The number of aromatic nitrogens is 3. The molecule has 0 aliphatic heterocycles. The smallest absolute Gasteiger partial charge is 0.322 e. The number of nitrogens with zero attached hydrogens (tertiary/aromatic N) is 3. The van der Waals surface area contributed by atoms with Crippen LogP contribution >= 0.6 is 0 Å². The maximum Gasteiger partial charge on any atom is 0.322 e. The Morgan fingerprint density at radius 1 is 1.05 bits per heavy atom. The quantitative estimate of drug-likeness (QED) is 0.899. The Bertz CT molecular complexity index is 632. The Balaban J connectivity index is 2.48. The van der Waals surface area contributed by atoms with Gasteiger partial charge in [-0.1, -0.05) is 0 Å². The van der Waals surface area contributed by atoms with Gasteiger partial charge in [-0.05, 0) is 26.0 Å². The Morgan fingerprint density at radius 2 is 1.81 bits per heavy atom. The lowest BCUT2D eigenvalue weighted by molar-refractivity contribution is 0.222. The Morgan fingerprint density at radius 3 is 2.43 bits per heavy atom. The SMILES string of the molecule is COc1ccc(-c2nc(N)nc(OC(C)C)n2)c(OC)c1. The van der Waals surface area contributed by atoms with Crippen LogP contribution < -0.4 is 19.9 Å². The molecular weight excluding hydrogens is 272 g/mol. The average Bonchev–Trinajstić information content (AvgIpc) is 2.45. The van der Waals surface area contributed by atoms with E-state index in [4.69, 9.17) is 19.9 Å². The molecule has 7 heteroatoms. The highest BCUT2D eigenvalue weighted by molar-refractivity contribution is 5.66. The number of nitrogens with two attached hydrogens (primary N) is 1. The maximum atomic E-state index is 5.71. The van der Waals surface area contributed by atoms with Crippen molar-refractivity contribution in [2.24, 2.45) is 0 Å². The highest BCUT2D eigenvalue weighted by Crippen LogP contribution is 2.32. The van der Waals surface area contributed by atoms with Crippen LogP contribution in [-0.4, -0.2) is 35.3 Å². The normalized spacial score (nSPS) is 10.5. The lowest BCUT2D eigenvalue weighted by atomic mass is 10.2. The number of anilines is 1. The molecule has 0 unspecified atom stereocenters. The molecule has 1 heterocycles. The van der Waals surface area contributed by atoms with Crippen molar-refractivity contribution in [2.75, 3.05) is 20.0 Å². The number of hydrogen-bond donors (Lipinski definition) is 1. The number of ether oxygens (including phenoxy) is 3. The van der Waals surface area contributed by atoms with E-state index in [1.165, 1.54) is 0 Å². The molecule has 0 aliphatic carbocycles. The summed E-state index contributed by atoms with van der Waals surface area (Å²) in [6, 6.07) is 5.52. The van der Waals surface area contributed by atoms with Gasteiger partial charge in [-0.15, -0.1) is 0 Å². The highest BCUT2D eigenvalue weighted by atomic mass is 16.5. The summed E-state index contributed by atoms with van der Waals surface area (Å²) in [6.45, 7) is 3.77. The van der Waals surface area contributed by atoms with Gasteiger partial charge in [0.05, 0.1) is 25.9 Å². The van der Waals surface area contributed by atoms with Gasteiger partial charge in [0.1, 0.15) is 11.5 Å². The zero-order chi connectivity index (χ0) is 15.4. The minimum absolute atomic E-state index is 0.0580. The summed E-state index contributed by atoms with van der Waals surface area (Å²) in [5, 5.41) is 0. The van der Waals surface area contributed by atoms with Crippen molar-refractivity contribution < 1.29 is 14.2 Å². The van der Waals surface area contributed by atoms with Crippen molar-refractivity contribution in [3.8, 4) is 28.9 Å². The minimum atomic E-state index is -0.0580. The topological polar surface area (TPSA) is 92.4 Å². The first-order valence-corrected chi connectivity index (χ1v) is 6.44. The Hall–Kier alpha value is -2.57. The van der Waals surface area contributed by atoms with Gasteiger partial charge < -0.3 is 19.9 Å². The van der Waals surface area contributed by atoms with Crippen molar-refractivity contribution >= 4 is 5.95 Å². The van der Waals surface area contributed by atoms with Crippen molar-refractivity contribution in [2.45, 2.75) is 20.0 Å². The summed E-state index contributed by atoms with van der Waals surface area (Å²) in [6.07, 6.45) is -0.0580. The van der Waals surface area contributed by atoms with Crippen LogP contribution in [0.25, 0.3) is 11.4 Å². The molecule has 7 nitrogen and oxygen atoms in total. The maximum absolute atomic E-state index is 5.71. The summed E-state index contributed by atoms with van der Waals surface area (Å²) in [5.74, 6) is 1.73. The van der Waals surface area contributed by atoms with Crippen molar-refractivity contribution in [1.29, 1.82) is 0 Å². The fourth-order valence-electron chi connectivity index (χ4n) is 1.74. The predicted octanol–water partition coefficient (Wildman–Crippen LogP) is 1.93. The van der Waals surface area contributed by atoms with Gasteiger partial charge in [0.15, 0.2) is 5.82 Å². The van der Waals surface area contributed by atoms with Crippen LogP contribution in [-0.2, 0) is 0 Å². The van der Waals surface area contributed by atoms with Gasteiger partial charge in [0.2, 0.25) is 5.95 Å². The molecule has 1 aromatic heterocycles. The fraction of sp³-hybridized carbons (Fsp3) is 0.357. The Kier molecular flexibility index (Phi) is 4.42. The van der Waals surface area contributed by atoms with E-state index in [1.54, 1.807) is 32.4 Å². The van der Waals surface area contributed by atoms with Gasteiger partial charge in [-0.2, -0.15) is 15.0 Å². The molecule has 0 spiro atoms. The van der Waals surface area contributed by atoms with Crippen LogP contribution in [0.2, 0.25) is 0 Å². The summed E-state index contributed by atoms with van der Waals surface area (Å²) in [7, 11) is 3.15. The minimum Gasteiger partial charge on any atom is -0.497 e. The van der Waals surface area contributed by atoms with E-state index in [2.05, 4.69) is 15.0 Å². The molecule has 2 aromatic rings. The standard InChI is InChI=1S/C14H18N4O3/c1-8(2)21-14-17-12(16-13(15)18-14)10-6-5-9(19-3)7-11(10)20-4/h5-8H,1-4H3,(H2,15,16,17,18). The van der Waals surface area contributed by atoms with E-state index in [-0.39, 0.29) is 18.1 Å². The second-order valence-electron chi connectivity index (χ2n) is 4.53. The second-order valence-corrected chi connectivity index (χ2v) is 4.53. The van der Waals surface area contributed by atoms with Gasteiger partial charge in [-0.3, -0.25) is 0 Å². The lowest BCUT2D eigenvalue weighted by Crippen LogP contribution is -2.11. The summed E-state index contributed by atoms with van der Waals surface area (Å²) >= 11 is 0. The summed E-state index contributed by atoms with van der Waals surface area (Å²) < 4.78 is 16.0. The van der Waals surface area contributed by atoms with Crippen LogP contribution in [0, 0.1) is 0 Å². The number of rotatable bonds is 5. The second kappa shape index (κ2) is 6.25. The first-order chi connectivity index (χ1) is 10.0. The third-order valence-electron chi connectivity index (χ3n) is 2.62. The van der Waals surface area contributed by atoms with E-state index in [1.807, 2.05) is 13.8 Å². The monoisotopic (exact) mass is 290 g/mol. The molecule has 1 aromatic carbocycles. The van der Waals surface area contributed by atoms with Gasteiger partial charge >= 0.3 is 6.01 Å². The van der Waals surface area contributed by atoms with E-state index < -0.39 is 0 Å². The van der Waals surface area contributed by atoms with E-state index >= 15 is 0 Å². The van der Waals surface area contributed by atoms with Crippen LogP contribution in [0.3, 0.4) is 0 Å². The van der Waals surface area contributed by atoms with Crippen molar-refractivity contribution in [1.82, 2.24) is 15.0 Å². The Labute approximate surface area is 123 Å². The molecule has 112 valence electrons. The molecule has 21 heavy (non-hydrogen) atoms. The molecule has 2 rings (SSSR count). The predicted molar refractivity (Wildman–Crippen MR) is 78.5 cm³/mol. The molecule has 0 radical (unpaired) electrons. The largest absolute Gasteiger partial charge is 0.497 e. The highest BCUT2D eigenvalue weighted by Gasteiger charge is 2.14. The zero-order valence-corrected chi connectivity index (χ0v) is 12.5. The fourth-order valence-corrected chi connectivity index (χ4v) is 1.74. The molecule has 0 saturated carbocycles. The van der Waals surface area contributed by atoms with E-state index in [9.17, 15) is 0 Å². The number of nitrogen functional groups attached to an aromatic ring is 1.